The fourth-order valence-corrected chi connectivity index (χ4v) is 2.63. The van der Waals surface area contributed by atoms with Gasteiger partial charge in [-0.15, -0.1) is 0 Å². The third-order valence-electron chi connectivity index (χ3n) is 3.16. The molecule has 1 rings (SSSR count). The van der Waals surface area contributed by atoms with E-state index in [2.05, 4.69) is 5.32 Å². The molecule has 0 saturated heterocycles. The highest BCUT2D eigenvalue weighted by molar-refractivity contribution is 7.92. The Morgan fingerprint density at radius 2 is 1.81 bits per heavy atom. The molecule has 0 atom stereocenters. The summed E-state index contributed by atoms with van der Waals surface area (Å²) in [5.41, 5.74) is 0.0339. The van der Waals surface area contributed by atoms with Crippen LogP contribution >= 0.6 is 11.6 Å². The molecule has 0 saturated carbocycles. The van der Waals surface area contributed by atoms with Crippen molar-refractivity contribution in [3.8, 4) is 0 Å². The molecular formula is C14H21ClN2O3S. The highest BCUT2D eigenvalue weighted by Gasteiger charge is 2.24. The van der Waals surface area contributed by atoms with Crippen molar-refractivity contribution in [3.63, 3.8) is 0 Å². The minimum Gasteiger partial charge on any atom is -0.350 e. The van der Waals surface area contributed by atoms with Crippen molar-refractivity contribution in [3.05, 3.63) is 29.3 Å². The Kier molecular flexibility index (Phi) is 5.64. The first-order valence-electron chi connectivity index (χ1n) is 6.59. The van der Waals surface area contributed by atoms with E-state index >= 15 is 0 Å². The molecule has 0 spiro atoms. The van der Waals surface area contributed by atoms with E-state index in [4.69, 9.17) is 11.6 Å². The molecule has 0 aliphatic carbocycles. The highest BCUT2D eigenvalue weighted by atomic mass is 35.5. The molecule has 0 aliphatic rings. The number of carbonyl (C=O) groups is 1. The topological polar surface area (TPSA) is 66.5 Å². The van der Waals surface area contributed by atoms with Crippen LogP contribution in [-0.2, 0) is 14.8 Å². The normalized spacial score (nSPS) is 12.0. The fraction of sp³-hybridized carbons (Fsp3) is 0.500. The highest BCUT2D eigenvalue weighted by Crippen LogP contribution is 2.20. The summed E-state index contributed by atoms with van der Waals surface area (Å²) in [6, 6.07) is 6.31. The van der Waals surface area contributed by atoms with Crippen molar-refractivity contribution in [1.29, 1.82) is 0 Å². The lowest BCUT2D eigenvalue weighted by molar-refractivity contribution is -0.121. The van der Waals surface area contributed by atoms with Gasteiger partial charge in [0.15, 0.2) is 0 Å². The Labute approximate surface area is 131 Å². The molecule has 0 unspecified atom stereocenters. The zero-order valence-corrected chi connectivity index (χ0v) is 14.3. The van der Waals surface area contributed by atoms with E-state index in [1.807, 2.05) is 20.8 Å². The van der Waals surface area contributed by atoms with Crippen molar-refractivity contribution in [2.45, 2.75) is 32.7 Å². The molecule has 1 aromatic rings. The SMILES string of the molecule is CCC(C)(C)NC(=O)CN(c1ccc(Cl)cc1)S(C)(=O)=O. The summed E-state index contributed by atoms with van der Waals surface area (Å²) >= 11 is 5.80. The van der Waals surface area contributed by atoms with Crippen LogP contribution in [0.1, 0.15) is 27.2 Å². The first-order chi connectivity index (χ1) is 9.55. The number of nitrogens with zero attached hydrogens (tertiary/aromatic N) is 1. The molecular weight excluding hydrogens is 312 g/mol. The van der Waals surface area contributed by atoms with Gasteiger partial charge in [-0.3, -0.25) is 9.10 Å². The van der Waals surface area contributed by atoms with E-state index in [-0.39, 0.29) is 18.0 Å². The van der Waals surface area contributed by atoms with Gasteiger partial charge in [0.05, 0.1) is 11.9 Å². The van der Waals surface area contributed by atoms with Gasteiger partial charge in [-0.25, -0.2) is 8.42 Å². The lowest BCUT2D eigenvalue weighted by atomic mass is 10.0. The first-order valence-corrected chi connectivity index (χ1v) is 8.82. The van der Waals surface area contributed by atoms with Gasteiger partial charge in [-0.2, -0.15) is 0 Å². The van der Waals surface area contributed by atoms with Crippen LogP contribution in [0, 0.1) is 0 Å². The van der Waals surface area contributed by atoms with Gasteiger partial charge >= 0.3 is 0 Å². The molecule has 1 N–H and O–H groups in total. The van der Waals surface area contributed by atoms with Gasteiger partial charge in [0.2, 0.25) is 15.9 Å². The van der Waals surface area contributed by atoms with Crippen LogP contribution < -0.4 is 9.62 Å². The number of nitrogens with one attached hydrogen (secondary N) is 1. The Morgan fingerprint density at radius 3 is 2.24 bits per heavy atom. The van der Waals surface area contributed by atoms with Crippen LogP contribution in [-0.4, -0.2) is 32.7 Å². The van der Waals surface area contributed by atoms with Crippen LogP contribution in [0.2, 0.25) is 5.02 Å². The smallest absolute Gasteiger partial charge is 0.241 e. The van der Waals surface area contributed by atoms with Gasteiger partial charge in [0, 0.05) is 10.6 Å². The van der Waals surface area contributed by atoms with Gasteiger partial charge in [-0.05, 0) is 44.5 Å². The Hall–Kier alpha value is -1.27. The zero-order valence-electron chi connectivity index (χ0n) is 12.7. The summed E-state index contributed by atoms with van der Waals surface area (Å²) in [5.74, 6) is -0.345. The molecule has 7 heteroatoms. The van der Waals surface area contributed by atoms with Gasteiger partial charge in [0.1, 0.15) is 6.54 Å². The lowest BCUT2D eigenvalue weighted by Gasteiger charge is -2.27. The van der Waals surface area contributed by atoms with Gasteiger partial charge in [-0.1, -0.05) is 18.5 Å². The maximum atomic E-state index is 12.1. The summed E-state index contributed by atoms with van der Waals surface area (Å²) in [6.45, 7) is 5.47. The van der Waals surface area contributed by atoms with Crippen LogP contribution in [0.3, 0.4) is 0 Å². The number of sulfonamides is 1. The number of hydrogen-bond acceptors (Lipinski definition) is 3. The minimum absolute atomic E-state index is 0.260. The molecule has 118 valence electrons. The average Bonchev–Trinajstić information content (AvgIpc) is 2.35. The summed E-state index contributed by atoms with van der Waals surface area (Å²) < 4.78 is 24.9. The molecule has 0 aromatic heterocycles. The largest absolute Gasteiger partial charge is 0.350 e. The number of carbonyl (C=O) groups excluding carboxylic acids is 1. The molecule has 1 amide bonds. The Morgan fingerprint density at radius 1 is 1.29 bits per heavy atom. The van der Waals surface area contributed by atoms with Crippen LogP contribution in [0.25, 0.3) is 0 Å². The molecule has 0 fully saturated rings. The second kappa shape index (κ2) is 6.66. The summed E-state index contributed by atoms with van der Waals surface area (Å²) in [7, 11) is -3.56. The maximum absolute atomic E-state index is 12.1. The maximum Gasteiger partial charge on any atom is 0.241 e. The van der Waals surface area contributed by atoms with Gasteiger partial charge in [0.25, 0.3) is 0 Å². The standard InChI is InChI=1S/C14H21ClN2O3S/c1-5-14(2,3)16-13(18)10-17(21(4,19)20)12-8-6-11(15)7-9-12/h6-9H,5,10H2,1-4H3,(H,16,18). The lowest BCUT2D eigenvalue weighted by Crippen LogP contribution is -2.48. The quantitative estimate of drug-likeness (QED) is 0.870. The van der Waals surface area contributed by atoms with E-state index in [1.54, 1.807) is 24.3 Å². The van der Waals surface area contributed by atoms with E-state index in [0.717, 1.165) is 17.0 Å². The molecule has 5 nitrogen and oxygen atoms in total. The number of rotatable bonds is 6. The van der Waals surface area contributed by atoms with Gasteiger partial charge < -0.3 is 5.32 Å². The molecule has 21 heavy (non-hydrogen) atoms. The molecule has 0 bridgehead atoms. The van der Waals surface area contributed by atoms with E-state index < -0.39 is 10.0 Å². The number of hydrogen-bond donors (Lipinski definition) is 1. The van der Waals surface area contributed by atoms with Crippen molar-refractivity contribution < 1.29 is 13.2 Å². The summed E-state index contributed by atoms with van der Waals surface area (Å²) in [4.78, 5) is 12.1. The molecule has 0 aliphatic heterocycles. The number of benzene rings is 1. The van der Waals surface area contributed by atoms with Crippen LogP contribution in [0.4, 0.5) is 5.69 Å². The Bertz CT molecular complexity index is 597. The van der Waals surface area contributed by atoms with Crippen LogP contribution in [0.15, 0.2) is 24.3 Å². The third kappa shape index (κ3) is 5.55. The van der Waals surface area contributed by atoms with Crippen molar-refractivity contribution in [2.75, 3.05) is 17.1 Å². The molecule has 0 radical (unpaired) electrons. The van der Waals surface area contributed by atoms with E-state index in [9.17, 15) is 13.2 Å². The fourth-order valence-electron chi connectivity index (χ4n) is 1.64. The zero-order chi connectivity index (χ0) is 16.3. The monoisotopic (exact) mass is 332 g/mol. The molecule has 1 aromatic carbocycles. The van der Waals surface area contributed by atoms with E-state index in [0.29, 0.717) is 10.7 Å². The summed E-state index contributed by atoms with van der Waals surface area (Å²) in [5, 5.41) is 3.32. The third-order valence-corrected chi connectivity index (χ3v) is 4.56. The summed E-state index contributed by atoms with van der Waals surface area (Å²) in [6.07, 6.45) is 1.82. The molecule has 0 heterocycles. The number of halogens is 1. The second-order valence-electron chi connectivity index (χ2n) is 5.53. The van der Waals surface area contributed by atoms with Crippen molar-refractivity contribution in [1.82, 2.24) is 5.32 Å². The predicted octanol–water partition coefficient (Wildman–Crippen LogP) is 2.41. The average molecular weight is 333 g/mol. The number of amides is 1. The van der Waals surface area contributed by atoms with E-state index in [1.165, 1.54) is 0 Å². The Balaban J connectivity index is 2.96. The first kappa shape index (κ1) is 17.8. The number of anilines is 1. The second-order valence-corrected chi connectivity index (χ2v) is 7.87. The minimum atomic E-state index is -3.56. The predicted molar refractivity (Wildman–Crippen MR) is 86.2 cm³/mol. The van der Waals surface area contributed by atoms with Crippen molar-refractivity contribution in [2.24, 2.45) is 0 Å². The van der Waals surface area contributed by atoms with Crippen LogP contribution in [0.5, 0.6) is 0 Å². The van der Waals surface area contributed by atoms with Crippen molar-refractivity contribution >= 4 is 33.2 Å².